The Morgan fingerprint density at radius 1 is 1.45 bits per heavy atom. The molecule has 1 rings (SSSR count). The molecule has 5 heteroatoms. The molecule has 0 spiro atoms. The van der Waals surface area contributed by atoms with Crippen molar-refractivity contribution in [3.8, 4) is 0 Å². The van der Waals surface area contributed by atoms with Crippen molar-refractivity contribution in [3.05, 3.63) is 24.2 Å². The third kappa shape index (κ3) is 5.75. The Kier molecular flexibility index (Phi) is 6.23. The number of hydrogen-bond donors (Lipinski definition) is 3. The van der Waals surface area contributed by atoms with Gasteiger partial charge in [-0.2, -0.15) is 0 Å². The van der Waals surface area contributed by atoms with Crippen molar-refractivity contribution in [1.29, 1.82) is 0 Å². The topological polar surface area (TPSA) is 82.7 Å². The van der Waals surface area contributed by atoms with Crippen LogP contribution in [-0.4, -0.2) is 34.9 Å². The van der Waals surface area contributed by atoms with Crippen molar-refractivity contribution in [3.63, 3.8) is 0 Å². The molecule has 0 saturated carbocycles. The van der Waals surface area contributed by atoms with Crippen molar-refractivity contribution >= 4 is 5.91 Å². The van der Waals surface area contributed by atoms with Crippen molar-refractivity contribution in [2.75, 3.05) is 6.61 Å². The van der Waals surface area contributed by atoms with Gasteiger partial charge in [0.25, 0.3) is 0 Å². The Bertz CT molecular complexity index is 395. The van der Waals surface area contributed by atoms with Gasteiger partial charge in [-0.15, -0.1) is 0 Å². The van der Waals surface area contributed by atoms with Crippen LogP contribution >= 0.6 is 0 Å². The SMILES string of the molecule is CC(C)(C)[C@H](O)C[C@H](CO)NC(=O)CCc1ccoc1. The number of rotatable bonds is 7. The maximum absolute atomic E-state index is 11.8. The zero-order valence-corrected chi connectivity index (χ0v) is 12.4. The second-order valence-corrected chi connectivity index (χ2v) is 6.20. The largest absolute Gasteiger partial charge is 0.472 e. The average molecular weight is 283 g/mol. The summed E-state index contributed by atoms with van der Waals surface area (Å²) in [5.74, 6) is -0.133. The number of furan rings is 1. The lowest BCUT2D eigenvalue weighted by atomic mass is 9.85. The minimum absolute atomic E-state index is 0.133. The van der Waals surface area contributed by atoms with Crippen LogP contribution in [0.2, 0.25) is 0 Å². The number of aryl methyl sites for hydroxylation is 1. The fraction of sp³-hybridized carbons (Fsp3) is 0.667. The summed E-state index contributed by atoms with van der Waals surface area (Å²) in [5, 5.41) is 22.1. The second-order valence-electron chi connectivity index (χ2n) is 6.20. The van der Waals surface area contributed by atoms with E-state index in [1.165, 1.54) is 0 Å². The van der Waals surface area contributed by atoms with Gasteiger partial charge in [0.2, 0.25) is 5.91 Å². The van der Waals surface area contributed by atoms with Gasteiger partial charge in [-0.05, 0) is 29.9 Å². The first-order chi connectivity index (χ1) is 9.32. The number of nitrogens with one attached hydrogen (secondary N) is 1. The van der Waals surface area contributed by atoms with Gasteiger partial charge in [0.1, 0.15) is 0 Å². The highest BCUT2D eigenvalue weighted by molar-refractivity contribution is 5.76. The summed E-state index contributed by atoms with van der Waals surface area (Å²) in [5.41, 5.74) is 0.699. The first-order valence-electron chi connectivity index (χ1n) is 6.92. The van der Waals surface area contributed by atoms with E-state index in [0.29, 0.717) is 19.3 Å². The Balaban J connectivity index is 2.37. The van der Waals surface area contributed by atoms with Crippen LogP contribution in [0.3, 0.4) is 0 Å². The molecule has 0 unspecified atom stereocenters. The molecule has 5 nitrogen and oxygen atoms in total. The third-order valence-corrected chi connectivity index (χ3v) is 3.31. The quantitative estimate of drug-likeness (QED) is 0.708. The lowest BCUT2D eigenvalue weighted by molar-refractivity contribution is -0.122. The fourth-order valence-electron chi connectivity index (χ4n) is 1.79. The summed E-state index contributed by atoms with van der Waals surface area (Å²) < 4.78 is 4.93. The van der Waals surface area contributed by atoms with Crippen molar-refractivity contribution < 1.29 is 19.4 Å². The van der Waals surface area contributed by atoms with Gasteiger partial charge in [-0.1, -0.05) is 20.8 Å². The Morgan fingerprint density at radius 2 is 2.15 bits per heavy atom. The molecule has 0 aliphatic heterocycles. The number of carbonyl (C=O) groups is 1. The van der Waals surface area contributed by atoms with Crippen LogP contribution in [0.4, 0.5) is 0 Å². The van der Waals surface area contributed by atoms with Crippen LogP contribution in [-0.2, 0) is 11.2 Å². The Morgan fingerprint density at radius 3 is 2.65 bits per heavy atom. The van der Waals surface area contributed by atoms with Crippen LogP contribution in [0, 0.1) is 5.41 Å². The van der Waals surface area contributed by atoms with E-state index in [-0.39, 0.29) is 17.9 Å². The molecule has 1 aromatic heterocycles. The minimum atomic E-state index is -0.575. The molecule has 20 heavy (non-hydrogen) atoms. The van der Waals surface area contributed by atoms with Crippen molar-refractivity contribution in [1.82, 2.24) is 5.32 Å². The standard InChI is InChI=1S/C15H25NO4/c1-15(2,3)13(18)8-12(9-17)16-14(19)5-4-11-6-7-20-10-11/h6-7,10,12-13,17-18H,4-5,8-9H2,1-3H3,(H,16,19)/t12-,13-/m1/s1. The first kappa shape index (κ1) is 16.7. The predicted molar refractivity (Wildman–Crippen MR) is 76.1 cm³/mol. The molecule has 0 saturated heterocycles. The molecule has 0 bridgehead atoms. The van der Waals surface area contributed by atoms with Crippen LogP contribution in [0.25, 0.3) is 0 Å². The smallest absolute Gasteiger partial charge is 0.220 e. The number of carbonyl (C=O) groups excluding carboxylic acids is 1. The monoisotopic (exact) mass is 283 g/mol. The van der Waals surface area contributed by atoms with Crippen LogP contribution in [0.15, 0.2) is 23.0 Å². The summed E-state index contributed by atoms with van der Waals surface area (Å²) in [6.45, 7) is 5.59. The second kappa shape index (κ2) is 7.45. The van der Waals surface area contributed by atoms with Gasteiger partial charge in [-0.25, -0.2) is 0 Å². The highest BCUT2D eigenvalue weighted by Crippen LogP contribution is 2.22. The molecule has 1 amide bonds. The molecular formula is C15H25NO4. The highest BCUT2D eigenvalue weighted by atomic mass is 16.3. The van der Waals surface area contributed by atoms with Gasteiger partial charge in [-0.3, -0.25) is 4.79 Å². The lowest BCUT2D eigenvalue weighted by Gasteiger charge is -2.29. The lowest BCUT2D eigenvalue weighted by Crippen LogP contribution is -2.42. The molecule has 2 atom stereocenters. The molecule has 1 heterocycles. The normalized spacial score (nSPS) is 14.8. The maximum atomic E-state index is 11.8. The summed E-state index contributed by atoms with van der Waals surface area (Å²) in [7, 11) is 0. The minimum Gasteiger partial charge on any atom is -0.472 e. The summed E-state index contributed by atoms with van der Waals surface area (Å²) >= 11 is 0. The predicted octanol–water partition coefficient (Wildman–Crippen LogP) is 1.49. The van der Waals surface area contributed by atoms with E-state index in [2.05, 4.69) is 5.32 Å². The van der Waals surface area contributed by atoms with Gasteiger partial charge < -0.3 is 19.9 Å². The zero-order chi connectivity index (χ0) is 15.2. The van der Waals surface area contributed by atoms with Gasteiger partial charge in [0, 0.05) is 6.42 Å². The fourth-order valence-corrected chi connectivity index (χ4v) is 1.79. The van der Waals surface area contributed by atoms with Crippen molar-refractivity contribution in [2.45, 2.75) is 52.2 Å². The van der Waals surface area contributed by atoms with Crippen molar-refractivity contribution in [2.24, 2.45) is 5.41 Å². The maximum Gasteiger partial charge on any atom is 0.220 e. The number of amides is 1. The number of aliphatic hydroxyl groups is 2. The van der Waals surface area contributed by atoms with Crippen LogP contribution in [0.1, 0.15) is 39.2 Å². The first-order valence-corrected chi connectivity index (χ1v) is 6.92. The molecule has 114 valence electrons. The average Bonchev–Trinajstić information content (AvgIpc) is 2.87. The highest BCUT2D eigenvalue weighted by Gasteiger charge is 2.25. The Labute approximate surface area is 120 Å². The summed E-state index contributed by atoms with van der Waals surface area (Å²) in [6, 6.07) is 1.40. The van der Waals surface area contributed by atoms with E-state index in [4.69, 9.17) is 4.42 Å². The van der Waals surface area contributed by atoms with Crippen LogP contribution in [0.5, 0.6) is 0 Å². The number of hydrogen-bond acceptors (Lipinski definition) is 4. The van der Waals surface area contributed by atoms with E-state index in [1.807, 2.05) is 26.8 Å². The van der Waals surface area contributed by atoms with E-state index < -0.39 is 12.1 Å². The number of aliphatic hydroxyl groups excluding tert-OH is 2. The molecule has 0 aliphatic rings. The third-order valence-electron chi connectivity index (χ3n) is 3.31. The van der Waals surface area contributed by atoms with Crippen LogP contribution < -0.4 is 5.32 Å². The molecule has 0 fully saturated rings. The molecule has 0 aliphatic carbocycles. The van der Waals surface area contributed by atoms with Gasteiger partial charge in [0.05, 0.1) is 31.3 Å². The molecular weight excluding hydrogens is 258 g/mol. The molecule has 0 radical (unpaired) electrons. The molecule has 0 aromatic carbocycles. The van der Waals surface area contributed by atoms with E-state index in [0.717, 1.165) is 5.56 Å². The Hall–Kier alpha value is -1.33. The van der Waals surface area contributed by atoms with Gasteiger partial charge in [0.15, 0.2) is 0 Å². The molecule has 3 N–H and O–H groups in total. The zero-order valence-electron chi connectivity index (χ0n) is 12.4. The summed E-state index contributed by atoms with van der Waals surface area (Å²) in [6.07, 6.45) is 3.89. The van der Waals surface area contributed by atoms with E-state index in [9.17, 15) is 15.0 Å². The molecule has 1 aromatic rings. The van der Waals surface area contributed by atoms with E-state index >= 15 is 0 Å². The summed E-state index contributed by atoms with van der Waals surface area (Å²) in [4.78, 5) is 11.8. The van der Waals surface area contributed by atoms with E-state index in [1.54, 1.807) is 12.5 Å². The van der Waals surface area contributed by atoms with Gasteiger partial charge >= 0.3 is 0 Å².